The molecule has 0 aromatic carbocycles. The Hall–Kier alpha value is -0.120. The number of hydrogen-bond acceptors (Lipinski definition) is 3. The Labute approximate surface area is 94.2 Å². The Morgan fingerprint density at radius 2 is 2.33 bits per heavy atom. The average Bonchev–Trinajstić information content (AvgIpc) is 2.27. The second-order valence-corrected chi connectivity index (χ2v) is 4.70. The van der Waals surface area contributed by atoms with Crippen molar-refractivity contribution < 1.29 is 4.74 Å². The lowest BCUT2D eigenvalue weighted by atomic mass is 10.0. The van der Waals surface area contributed by atoms with Gasteiger partial charge in [0.15, 0.2) is 0 Å². The maximum Gasteiger partial charge on any atom is 0.0506 e. The first-order valence-electron chi connectivity index (χ1n) is 6.19. The highest BCUT2D eigenvalue weighted by molar-refractivity contribution is 4.71. The van der Waals surface area contributed by atoms with Crippen LogP contribution in [0.1, 0.15) is 26.2 Å². The fraction of sp³-hybridized carbons (Fsp3) is 1.00. The van der Waals surface area contributed by atoms with Crippen molar-refractivity contribution in [3.8, 4) is 0 Å². The van der Waals surface area contributed by atoms with Crippen LogP contribution in [0.4, 0.5) is 0 Å². The molecule has 0 aliphatic carbocycles. The van der Waals surface area contributed by atoms with E-state index in [1.165, 1.54) is 25.8 Å². The monoisotopic (exact) mass is 214 g/mol. The van der Waals surface area contributed by atoms with Gasteiger partial charge in [-0.15, -0.1) is 0 Å². The summed E-state index contributed by atoms with van der Waals surface area (Å²) in [4.78, 5) is 2.43. The van der Waals surface area contributed by atoms with Crippen molar-refractivity contribution in [2.75, 3.05) is 40.4 Å². The molecule has 1 aliphatic heterocycles. The third-order valence-corrected chi connectivity index (χ3v) is 3.26. The van der Waals surface area contributed by atoms with Gasteiger partial charge in [-0.25, -0.2) is 0 Å². The summed E-state index contributed by atoms with van der Waals surface area (Å²) in [6, 6.07) is 0.625. The lowest BCUT2D eigenvalue weighted by Crippen LogP contribution is -2.40. The molecule has 1 rings (SSSR count). The number of likely N-dealkylation sites (N-methyl/N-ethyl adjacent to an activating group) is 2. The Morgan fingerprint density at radius 3 is 2.87 bits per heavy atom. The quantitative estimate of drug-likeness (QED) is 0.722. The molecule has 2 unspecified atom stereocenters. The van der Waals surface area contributed by atoms with Crippen molar-refractivity contribution >= 4 is 0 Å². The third kappa shape index (κ3) is 4.96. The number of ether oxygens (including phenoxy) is 1. The number of rotatable bonds is 6. The Bertz CT molecular complexity index is 154. The minimum Gasteiger partial charge on any atom is -0.381 e. The standard InChI is InChI=1S/C12H26N2O/c1-4-12(13-2)9-14(3)8-11-6-5-7-15-10-11/h11-13H,4-10H2,1-3H3. The molecule has 1 aliphatic rings. The zero-order chi connectivity index (χ0) is 11.1. The van der Waals surface area contributed by atoms with Gasteiger partial charge in [0.05, 0.1) is 6.61 Å². The molecule has 1 saturated heterocycles. The van der Waals surface area contributed by atoms with E-state index < -0.39 is 0 Å². The lowest BCUT2D eigenvalue weighted by Gasteiger charge is -2.29. The fourth-order valence-electron chi connectivity index (χ4n) is 2.27. The first-order chi connectivity index (χ1) is 7.26. The molecule has 1 heterocycles. The summed E-state index contributed by atoms with van der Waals surface area (Å²) in [7, 11) is 4.26. The molecular weight excluding hydrogens is 188 g/mol. The molecule has 90 valence electrons. The second kappa shape index (κ2) is 7.20. The van der Waals surface area contributed by atoms with E-state index in [4.69, 9.17) is 4.74 Å². The zero-order valence-corrected chi connectivity index (χ0v) is 10.5. The number of nitrogens with zero attached hydrogens (tertiary/aromatic N) is 1. The molecule has 1 fully saturated rings. The van der Waals surface area contributed by atoms with Gasteiger partial charge >= 0.3 is 0 Å². The summed E-state index contributed by atoms with van der Waals surface area (Å²) >= 11 is 0. The van der Waals surface area contributed by atoms with Crippen molar-refractivity contribution in [1.29, 1.82) is 0 Å². The Balaban J connectivity index is 2.18. The van der Waals surface area contributed by atoms with Crippen LogP contribution < -0.4 is 5.32 Å². The van der Waals surface area contributed by atoms with Gasteiger partial charge in [0.1, 0.15) is 0 Å². The number of hydrogen-bond donors (Lipinski definition) is 1. The normalized spacial score (nSPS) is 24.4. The minimum absolute atomic E-state index is 0.625. The van der Waals surface area contributed by atoms with Crippen LogP contribution in [0.5, 0.6) is 0 Å². The molecule has 0 radical (unpaired) electrons. The summed E-state index contributed by atoms with van der Waals surface area (Å²) in [5, 5.41) is 3.35. The van der Waals surface area contributed by atoms with Crippen LogP contribution in [0, 0.1) is 5.92 Å². The van der Waals surface area contributed by atoms with Crippen molar-refractivity contribution in [1.82, 2.24) is 10.2 Å². The predicted molar refractivity (Wildman–Crippen MR) is 64.2 cm³/mol. The Kier molecular flexibility index (Phi) is 6.22. The van der Waals surface area contributed by atoms with E-state index in [1.807, 2.05) is 7.05 Å². The second-order valence-electron chi connectivity index (χ2n) is 4.70. The zero-order valence-electron chi connectivity index (χ0n) is 10.5. The van der Waals surface area contributed by atoms with Crippen molar-refractivity contribution in [2.45, 2.75) is 32.2 Å². The molecule has 2 atom stereocenters. The highest BCUT2D eigenvalue weighted by Crippen LogP contribution is 2.14. The first-order valence-corrected chi connectivity index (χ1v) is 6.19. The predicted octanol–water partition coefficient (Wildman–Crippen LogP) is 1.34. The largest absolute Gasteiger partial charge is 0.381 e. The number of nitrogens with one attached hydrogen (secondary N) is 1. The highest BCUT2D eigenvalue weighted by Gasteiger charge is 2.16. The van der Waals surface area contributed by atoms with Gasteiger partial charge in [-0.3, -0.25) is 0 Å². The fourth-order valence-corrected chi connectivity index (χ4v) is 2.27. The van der Waals surface area contributed by atoms with Crippen LogP contribution in [-0.4, -0.2) is 51.3 Å². The lowest BCUT2D eigenvalue weighted by molar-refractivity contribution is 0.0410. The SMILES string of the molecule is CCC(CN(C)CC1CCCOC1)NC. The van der Waals surface area contributed by atoms with Crippen LogP contribution in [0.3, 0.4) is 0 Å². The third-order valence-electron chi connectivity index (χ3n) is 3.26. The van der Waals surface area contributed by atoms with Crippen molar-refractivity contribution in [3.05, 3.63) is 0 Å². The molecule has 3 heteroatoms. The van der Waals surface area contributed by atoms with Crippen LogP contribution >= 0.6 is 0 Å². The van der Waals surface area contributed by atoms with Gasteiger partial charge in [-0.05, 0) is 39.3 Å². The van der Waals surface area contributed by atoms with Crippen molar-refractivity contribution in [2.24, 2.45) is 5.92 Å². The van der Waals surface area contributed by atoms with Crippen LogP contribution in [0.15, 0.2) is 0 Å². The summed E-state index contributed by atoms with van der Waals surface area (Å²) in [5.41, 5.74) is 0. The molecular formula is C12H26N2O. The van der Waals surface area contributed by atoms with Gasteiger partial charge in [0, 0.05) is 25.7 Å². The smallest absolute Gasteiger partial charge is 0.0506 e. The first kappa shape index (κ1) is 12.9. The summed E-state index contributed by atoms with van der Waals surface area (Å²) in [5.74, 6) is 0.748. The van der Waals surface area contributed by atoms with E-state index in [-0.39, 0.29) is 0 Å². The molecule has 0 aromatic heterocycles. The molecule has 0 saturated carbocycles. The van der Waals surface area contributed by atoms with E-state index in [2.05, 4.69) is 24.2 Å². The molecule has 15 heavy (non-hydrogen) atoms. The van der Waals surface area contributed by atoms with E-state index in [1.54, 1.807) is 0 Å². The molecule has 0 spiro atoms. The van der Waals surface area contributed by atoms with Gasteiger partial charge in [-0.1, -0.05) is 6.92 Å². The maximum absolute atomic E-state index is 5.50. The molecule has 1 N–H and O–H groups in total. The highest BCUT2D eigenvalue weighted by atomic mass is 16.5. The minimum atomic E-state index is 0.625. The van der Waals surface area contributed by atoms with Gasteiger partial charge in [0.2, 0.25) is 0 Å². The van der Waals surface area contributed by atoms with Crippen molar-refractivity contribution in [3.63, 3.8) is 0 Å². The van der Waals surface area contributed by atoms with Crippen LogP contribution in [-0.2, 0) is 4.74 Å². The van der Waals surface area contributed by atoms with E-state index >= 15 is 0 Å². The van der Waals surface area contributed by atoms with Gasteiger partial charge in [0.25, 0.3) is 0 Å². The van der Waals surface area contributed by atoms with Gasteiger partial charge in [-0.2, -0.15) is 0 Å². The molecule has 0 amide bonds. The summed E-state index contributed by atoms with van der Waals surface area (Å²) in [6.45, 7) is 6.48. The molecule has 0 bridgehead atoms. The molecule has 3 nitrogen and oxygen atoms in total. The van der Waals surface area contributed by atoms with Crippen LogP contribution in [0.25, 0.3) is 0 Å². The molecule has 0 aromatic rings. The van der Waals surface area contributed by atoms with Crippen LogP contribution in [0.2, 0.25) is 0 Å². The summed E-state index contributed by atoms with van der Waals surface area (Å²) < 4.78 is 5.50. The summed E-state index contributed by atoms with van der Waals surface area (Å²) in [6.07, 6.45) is 3.77. The topological polar surface area (TPSA) is 24.5 Å². The maximum atomic E-state index is 5.50. The van der Waals surface area contributed by atoms with Gasteiger partial charge < -0.3 is 15.0 Å². The Morgan fingerprint density at radius 1 is 1.53 bits per heavy atom. The van der Waals surface area contributed by atoms with E-state index in [9.17, 15) is 0 Å². The van der Waals surface area contributed by atoms with E-state index in [0.29, 0.717) is 6.04 Å². The van der Waals surface area contributed by atoms with E-state index in [0.717, 1.165) is 25.7 Å². The average molecular weight is 214 g/mol.